The molecule has 1 unspecified atom stereocenters. The van der Waals surface area contributed by atoms with Crippen LogP contribution in [0.2, 0.25) is 0 Å². The average molecular weight is 377 g/mol. The molecule has 0 saturated carbocycles. The lowest BCUT2D eigenvalue weighted by Crippen LogP contribution is -2.43. The van der Waals surface area contributed by atoms with E-state index in [1.807, 2.05) is 30.3 Å². The van der Waals surface area contributed by atoms with Gasteiger partial charge in [0.1, 0.15) is 12.2 Å². The standard InChI is InChI=1S/C20H25F2N3O2/c1-14-11-17(20(21)22)23-25(14)13-19(27)24-9-7-16(8-10-24)18(26)12-15-5-3-2-4-6-15/h2-6,11,16,18,20,26H,7-10,12-13H2,1H3. The Morgan fingerprint density at radius 2 is 1.93 bits per heavy atom. The maximum Gasteiger partial charge on any atom is 0.282 e. The van der Waals surface area contributed by atoms with Crippen LogP contribution in [-0.2, 0) is 17.8 Å². The average Bonchev–Trinajstić information content (AvgIpc) is 3.03. The first-order valence-corrected chi connectivity index (χ1v) is 9.26. The molecule has 1 saturated heterocycles. The number of hydrogen-bond acceptors (Lipinski definition) is 3. The molecule has 1 aliphatic heterocycles. The second-order valence-corrected chi connectivity index (χ2v) is 7.14. The molecule has 0 spiro atoms. The van der Waals surface area contributed by atoms with Crippen LogP contribution >= 0.6 is 0 Å². The second kappa shape index (κ2) is 8.61. The van der Waals surface area contributed by atoms with Crippen molar-refractivity contribution < 1.29 is 18.7 Å². The minimum atomic E-state index is -2.64. The minimum absolute atomic E-state index is 0.0320. The fraction of sp³-hybridized carbons (Fsp3) is 0.500. The number of carbonyl (C=O) groups excluding carboxylic acids is 1. The smallest absolute Gasteiger partial charge is 0.282 e. The van der Waals surface area contributed by atoms with Gasteiger partial charge in [-0.1, -0.05) is 30.3 Å². The molecule has 3 rings (SSSR count). The number of alkyl halides is 2. The lowest BCUT2D eigenvalue weighted by Gasteiger charge is -2.34. The molecule has 2 aromatic rings. The number of rotatable bonds is 6. The van der Waals surface area contributed by atoms with Crippen molar-refractivity contribution >= 4 is 5.91 Å². The molecule has 5 nitrogen and oxygen atoms in total. The number of likely N-dealkylation sites (tertiary alicyclic amines) is 1. The fourth-order valence-corrected chi connectivity index (χ4v) is 3.59. The van der Waals surface area contributed by atoms with Gasteiger partial charge in [-0.3, -0.25) is 9.48 Å². The van der Waals surface area contributed by atoms with E-state index in [1.54, 1.807) is 11.8 Å². The largest absolute Gasteiger partial charge is 0.392 e. The topological polar surface area (TPSA) is 58.4 Å². The first kappa shape index (κ1) is 19.5. The Labute approximate surface area is 157 Å². The highest BCUT2D eigenvalue weighted by molar-refractivity contribution is 5.76. The molecule has 0 bridgehead atoms. The van der Waals surface area contributed by atoms with Crippen LogP contribution in [0.3, 0.4) is 0 Å². The van der Waals surface area contributed by atoms with E-state index in [1.165, 1.54) is 10.7 Å². The summed E-state index contributed by atoms with van der Waals surface area (Å²) in [5.74, 6) is 0.0316. The lowest BCUT2D eigenvalue weighted by atomic mass is 9.88. The molecule has 1 N–H and O–H groups in total. The van der Waals surface area contributed by atoms with Crippen LogP contribution in [0.5, 0.6) is 0 Å². The van der Waals surface area contributed by atoms with E-state index < -0.39 is 12.5 Å². The van der Waals surface area contributed by atoms with Crippen LogP contribution in [0, 0.1) is 12.8 Å². The second-order valence-electron chi connectivity index (χ2n) is 7.14. The molecule has 1 atom stereocenters. The van der Waals surface area contributed by atoms with Gasteiger partial charge in [-0.15, -0.1) is 0 Å². The number of aromatic nitrogens is 2. The van der Waals surface area contributed by atoms with Crippen LogP contribution in [-0.4, -0.2) is 44.9 Å². The first-order chi connectivity index (χ1) is 12.9. The van der Waals surface area contributed by atoms with Gasteiger partial charge < -0.3 is 10.0 Å². The van der Waals surface area contributed by atoms with Gasteiger partial charge in [0, 0.05) is 18.8 Å². The Hall–Kier alpha value is -2.28. The Kier molecular flexibility index (Phi) is 6.21. The summed E-state index contributed by atoms with van der Waals surface area (Å²) >= 11 is 0. The van der Waals surface area contributed by atoms with E-state index in [4.69, 9.17) is 0 Å². The van der Waals surface area contributed by atoms with Gasteiger partial charge in [0.25, 0.3) is 6.43 Å². The van der Waals surface area contributed by atoms with Gasteiger partial charge in [0.05, 0.1) is 6.10 Å². The summed E-state index contributed by atoms with van der Waals surface area (Å²) < 4.78 is 26.8. The number of carbonyl (C=O) groups is 1. The number of aryl methyl sites for hydroxylation is 1. The van der Waals surface area contributed by atoms with Gasteiger partial charge in [0.2, 0.25) is 5.91 Å². The highest BCUT2D eigenvalue weighted by atomic mass is 19.3. The van der Waals surface area contributed by atoms with Crippen molar-refractivity contribution in [1.29, 1.82) is 0 Å². The predicted octanol–water partition coefficient (Wildman–Crippen LogP) is 2.97. The highest BCUT2D eigenvalue weighted by Gasteiger charge is 2.28. The number of piperidine rings is 1. The Morgan fingerprint density at radius 3 is 2.52 bits per heavy atom. The Bertz CT molecular complexity index is 756. The molecule has 1 aromatic carbocycles. The maximum atomic E-state index is 12.7. The van der Waals surface area contributed by atoms with Gasteiger partial charge in [-0.25, -0.2) is 8.78 Å². The SMILES string of the molecule is Cc1cc(C(F)F)nn1CC(=O)N1CCC(C(O)Cc2ccccc2)CC1. The van der Waals surface area contributed by atoms with Crippen LogP contribution in [0.4, 0.5) is 8.78 Å². The van der Waals surface area contributed by atoms with Crippen molar-refractivity contribution in [3.63, 3.8) is 0 Å². The van der Waals surface area contributed by atoms with Crippen molar-refractivity contribution in [2.24, 2.45) is 5.92 Å². The summed E-state index contributed by atoms with van der Waals surface area (Å²) in [4.78, 5) is 14.2. The van der Waals surface area contributed by atoms with E-state index in [-0.39, 0.29) is 24.1 Å². The molecule has 0 radical (unpaired) electrons. The molecule has 146 valence electrons. The monoisotopic (exact) mass is 377 g/mol. The molecular formula is C20H25F2N3O2. The van der Waals surface area contributed by atoms with Crippen molar-refractivity contribution in [1.82, 2.24) is 14.7 Å². The predicted molar refractivity (Wildman–Crippen MR) is 97.4 cm³/mol. The lowest BCUT2D eigenvalue weighted by molar-refractivity contribution is -0.134. The Morgan fingerprint density at radius 1 is 1.26 bits per heavy atom. The third-order valence-electron chi connectivity index (χ3n) is 5.23. The summed E-state index contributed by atoms with van der Waals surface area (Å²) in [5, 5.41) is 14.3. The summed E-state index contributed by atoms with van der Waals surface area (Å²) in [7, 11) is 0. The van der Waals surface area contributed by atoms with E-state index >= 15 is 0 Å². The highest BCUT2D eigenvalue weighted by Crippen LogP contribution is 2.24. The minimum Gasteiger partial charge on any atom is -0.392 e. The van der Waals surface area contributed by atoms with E-state index in [9.17, 15) is 18.7 Å². The van der Waals surface area contributed by atoms with Crippen LogP contribution in [0.1, 0.15) is 36.2 Å². The zero-order valence-electron chi connectivity index (χ0n) is 15.4. The number of benzene rings is 1. The fourth-order valence-electron chi connectivity index (χ4n) is 3.59. The third kappa shape index (κ3) is 4.91. The van der Waals surface area contributed by atoms with Crippen LogP contribution in [0.25, 0.3) is 0 Å². The molecule has 1 amide bonds. The molecule has 27 heavy (non-hydrogen) atoms. The molecule has 1 fully saturated rings. The van der Waals surface area contributed by atoms with E-state index in [2.05, 4.69) is 5.10 Å². The zero-order chi connectivity index (χ0) is 19.4. The van der Waals surface area contributed by atoms with Crippen LogP contribution in [0.15, 0.2) is 36.4 Å². The summed E-state index contributed by atoms with van der Waals surface area (Å²) in [5.41, 5.74) is 1.35. The van der Waals surface area contributed by atoms with E-state index in [0.717, 1.165) is 18.4 Å². The molecule has 2 heterocycles. The van der Waals surface area contributed by atoms with Gasteiger partial charge in [-0.2, -0.15) is 5.10 Å². The van der Waals surface area contributed by atoms with Crippen molar-refractivity contribution in [2.45, 2.75) is 45.3 Å². The third-order valence-corrected chi connectivity index (χ3v) is 5.23. The summed E-state index contributed by atoms with van der Waals surface area (Å²) in [6.07, 6.45) is -0.976. The zero-order valence-corrected chi connectivity index (χ0v) is 15.4. The quantitative estimate of drug-likeness (QED) is 0.842. The number of hydrogen-bond donors (Lipinski definition) is 1. The number of aliphatic hydroxyl groups is 1. The Balaban J connectivity index is 1.50. The van der Waals surface area contributed by atoms with Crippen LogP contribution < -0.4 is 0 Å². The first-order valence-electron chi connectivity index (χ1n) is 9.26. The summed E-state index contributed by atoms with van der Waals surface area (Å²) in [6.45, 7) is 2.77. The van der Waals surface area contributed by atoms with Gasteiger partial charge in [0.15, 0.2) is 0 Å². The molecule has 1 aromatic heterocycles. The van der Waals surface area contributed by atoms with Crippen molar-refractivity contribution in [2.75, 3.05) is 13.1 Å². The number of nitrogens with zero attached hydrogens (tertiary/aromatic N) is 3. The maximum absolute atomic E-state index is 12.7. The molecule has 0 aliphatic carbocycles. The summed E-state index contributed by atoms with van der Waals surface area (Å²) in [6, 6.07) is 11.2. The van der Waals surface area contributed by atoms with E-state index in [0.29, 0.717) is 25.2 Å². The normalized spacial score (nSPS) is 16.7. The van der Waals surface area contributed by atoms with Gasteiger partial charge >= 0.3 is 0 Å². The van der Waals surface area contributed by atoms with Gasteiger partial charge in [-0.05, 0) is 43.7 Å². The molecule has 7 heteroatoms. The number of amides is 1. The van der Waals surface area contributed by atoms with Crippen molar-refractivity contribution in [3.05, 3.63) is 53.3 Å². The van der Waals surface area contributed by atoms with Crippen molar-refractivity contribution in [3.8, 4) is 0 Å². The number of halogens is 2. The molecule has 1 aliphatic rings. The number of aliphatic hydroxyl groups excluding tert-OH is 1. The molecular weight excluding hydrogens is 352 g/mol.